The molecule has 2 bridgehead atoms. The van der Waals surface area contributed by atoms with E-state index >= 15 is 0 Å². The van der Waals surface area contributed by atoms with Crippen LogP contribution >= 0.6 is 0 Å². The van der Waals surface area contributed by atoms with Gasteiger partial charge in [0.05, 0.1) is 18.3 Å². The number of hydrogen-bond acceptors (Lipinski definition) is 3. The van der Waals surface area contributed by atoms with E-state index in [0.29, 0.717) is 18.3 Å². The van der Waals surface area contributed by atoms with Gasteiger partial charge in [0.25, 0.3) is 0 Å². The van der Waals surface area contributed by atoms with Crippen LogP contribution < -0.4 is 0 Å². The lowest BCUT2D eigenvalue weighted by Crippen LogP contribution is -2.30. The summed E-state index contributed by atoms with van der Waals surface area (Å²) in [5.74, 6) is 0.00429. The Morgan fingerprint density at radius 1 is 1.21 bits per heavy atom. The lowest BCUT2D eigenvalue weighted by atomic mass is 9.90. The maximum absolute atomic E-state index is 10.4. The quantitative estimate of drug-likeness (QED) is 0.470. The van der Waals surface area contributed by atoms with E-state index in [1.54, 1.807) is 0 Å². The first-order valence-corrected chi connectivity index (χ1v) is 9.15. The van der Waals surface area contributed by atoms with Gasteiger partial charge < -0.3 is 14.9 Å². The van der Waals surface area contributed by atoms with Crippen molar-refractivity contribution < 1.29 is 19.7 Å². The number of rotatable bonds is 10. The highest BCUT2D eigenvalue weighted by Gasteiger charge is 2.52. The number of carboxylic acid groups (broad SMARTS) is 1. The summed E-state index contributed by atoms with van der Waals surface area (Å²) in [6, 6.07) is 0. The minimum absolute atomic E-state index is 0.0502. The summed E-state index contributed by atoms with van der Waals surface area (Å²) in [7, 11) is 0. The third-order valence-electron chi connectivity index (χ3n) is 4.91. The second-order valence-electron chi connectivity index (χ2n) is 6.72. The fraction of sp³-hybridized carbons (Fsp3) is 0.650. The Bertz CT molecular complexity index is 480. The highest BCUT2D eigenvalue weighted by molar-refractivity contribution is 5.66. The molecule has 0 spiro atoms. The molecule has 1 saturated carbocycles. The van der Waals surface area contributed by atoms with E-state index in [2.05, 4.69) is 37.3 Å². The Balaban J connectivity index is 1.74. The summed E-state index contributed by atoms with van der Waals surface area (Å²) in [6.45, 7) is 2.13. The molecule has 1 heterocycles. The summed E-state index contributed by atoms with van der Waals surface area (Å²) >= 11 is 0. The zero-order valence-corrected chi connectivity index (χ0v) is 14.5. The van der Waals surface area contributed by atoms with Gasteiger partial charge in [0.1, 0.15) is 0 Å². The van der Waals surface area contributed by atoms with Gasteiger partial charge in [-0.2, -0.15) is 0 Å². The smallest absolute Gasteiger partial charge is 0.303 e. The Hall–Kier alpha value is -1.39. The van der Waals surface area contributed by atoms with Crippen LogP contribution in [0.5, 0.6) is 0 Å². The van der Waals surface area contributed by atoms with Crippen molar-refractivity contribution in [3.8, 4) is 0 Å². The first-order chi connectivity index (χ1) is 11.6. The molecule has 1 aliphatic carbocycles. The third-order valence-corrected chi connectivity index (χ3v) is 4.91. The normalized spacial score (nSPS) is 32.7. The number of ether oxygens (including phenoxy) is 1. The second kappa shape index (κ2) is 9.80. The van der Waals surface area contributed by atoms with E-state index < -0.39 is 5.97 Å². The average Bonchev–Trinajstić information content (AvgIpc) is 3.03. The summed E-state index contributed by atoms with van der Waals surface area (Å²) in [4.78, 5) is 10.4. The molecular formula is C20H30O4. The van der Waals surface area contributed by atoms with Gasteiger partial charge in [0.2, 0.25) is 0 Å². The Kier molecular flexibility index (Phi) is 7.73. The molecule has 2 rings (SSSR count). The molecule has 1 aliphatic heterocycles. The van der Waals surface area contributed by atoms with E-state index in [0.717, 1.165) is 32.1 Å². The number of allylic oxidation sites excluding steroid dienone is 4. The molecule has 2 aliphatic rings. The Morgan fingerprint density at radius 2 is 2.04 bits per heavy atom. The first kappa shape index (κ1) is 18.9. The number of fused-ring (bicyclic) bond motifs is 2. The van der Waals surface area contributed by atoms with Crippen molar-refractivity contribution in [2.24, 2.45) is 11.8 Å². The van der Waals surface area contributed by atoms with Gasteiger partial charge in [0, 0.05) is 12.3 Å². The summed E-state index contributed by atoms with van der Waals surface area (Å²) < 4.78 is 6.04. The highest BCUT2D eigenvalue weighted by atomic mass is 16.5. The van der Waals surface area contributed by atoms with Crippen molar-refractivity contribution in [2.45, 2.75) is 70.2 Å². The van der Waals surface area contributed by atoms with Crippen LogP contribution in [-0.4, -0.2) is 34.5 Å². The van der Waals surface area contributed by atoms with Crippen LogP contribution in [0.2, 0.25) is 0 Å². The lowest BCUT2D eigenvalue weighted by molar-refractivity contribution is -0.137. The molecule has 0 aromatic carbocycles. The van der Waals surface area contributed by atoms with Crippen molar-refractivity contribution >= 4 is 5.97 Å². The van der Waals surface area contributed by atoms with Crippen LogP contribution in [0.1, 0.15) is 51.9 Å². The van der Waals surface area contributed by atoms with Crippen LogP contribution in [0.25, 0.3) is 0 Å². The molecule has 5 unspecified atom stereocenters. The molecular weight excluding hydrogens is 304 g/mol. The van der Waals surface area contributed by atoms with E-state index in [9.17, 15) is 9.90 Å². The fourth-order valence-corrected chi connectivity index (χ4v) is 3.73. The van der Waals surface area contributed by atoms with Crippen molar-refractivity contribution in [1.29, 1.82) is 0 Å². The minimum atomic E-state index is -0.734. The van der Waals surface area contributed by atoms with Crippen molar-refractivity contribution in [2.75, 3.05) is 0 Å². The van der Waals surface area contributed by atoms with Gasteiger partial charge in [-0.3, -0.25) is 4.79 Å². The van der Waals surface area contributed by atoms with Crippen LogP contribution in [0.4, 0.5) is 0 Å². The van der Waals surface area contributed by atoms with Crippen molar-refractivity contribution in [3.63, 3.8) is 0 Å². The first-order valence-electron chi connectivity index (χ1n) is 9.15. The third kappa shape index (κ3) is 5.32. The zero-order chi connectivity index (χ0) is 17.4. The van der Waals surface area contributed by atoms with Gasteiger partial charge in [-0.1, -0.05) is 43.4 Å². The van der Waals surface area contributed by atoms with Gasteiger partial charge in [-0.15, -0.1) is 0 Å². The minimum Gasteiger partial charge on any atom is -0.481 e. The number of unbranched alkanes of at least 4 members (excludes halogenated alkanes) is 1. The molecule has 2 fully saturated rings. The molecule has 4 heteroatoms. The van der Waals surface area contributed by atoms with Gasteiger partial charge >= 0.3 is 5.97 Å². The standard InChI is InChI=1S/C20H30O4/c1-2-3-8-12-18-16-14-17(21)20(24-18)15(16)11-9-6-4-5-7-10-13-19(22)23/h3-5,8-9,11,15-18,20-21H,2,6-7,10,12-14H2,1H3,(H,22,23)/b5-4-,8-3-,11-9-. The summed E-state index contributed by atoms with van der Waals surface area (Å²) in [6.07, 6.45) is 18.1. The number of hydrogen-bond donors (Lipinski definition) is 2. The molecule has 5 atom stereocenters. The van der Waals surface area contributed by atoms with E-state index in [-0.39, 0.29) is 24.7 Å². The molecule has 0 radical (unpaired) electrons. The van der Waals surface area contributed by atoms with Gasteiger partial charge in [0.15, 0.2) is 0 Å². The monoisotopic (exact) mass is 334 g/mol. The van der Waals surface area contributed by atoms with E-state index in [1.165, 1.54) is 0 Å². The second-order valence-corrected chi connectivity index (χ2v) is 6.72. The van der Waals surface area contributed by atoms with Crippen LogP contribution in [0.15, 0.2) is 36.5 Å². The molecule has 24 heavy (non-hydrogen) atoms. The maximum Gasteiger partial charge on any atom is 0.303 e. The molecule has 4 nitrogen and oxygen atoms in total. The number of aliphatic hydroxyl groups is 1. The fourth-order valence-electron chi connectivity index (χ4n) is 3.73. The maximum atomic E-state index is 10.4. The predicted octanol–water partition coefficient (Wildman–Crippen LogP) is 3.86. The van der Waals surface area contributed by atoms with E-state index in [4.69, 9.17) is 9.84 Å². The lowest BCUT2D eigenvalue weighted by Gasteiger charge is -2.24. The Labute approximate surface area is 144 Å². The summed E-state index contributed by atoms with van der Waals surface area (Å²) in [5, 5.41) is 18.7. The number of aliphatic hydroxyl groups excluding tert-OH is 1. The number of carboxylic acids is 1. The number of carbonyl (C=O) groups is 1. The largest absolute Gasteiger partial charge is 0.481 e. The van der Waals surface area contributed by atoms with Gasteiger partial charge in [-0.25, -0.2) is 0 Å². The molecule has 134 valence electrons. The Morgan fingerprint density at radius 3 is 2.79 bits per heavy atom. The highest BCUT2D eigenvalue weighted by Crippen LogP contribution is 2.47. The summed E-state index contributed by atoms with van der Waals surface area (Å²) in [5.41, 5.74) is 0. The van der Waals surface area contributed by atoms with Crippen molar-refractivity contribution in [3.05, 3.63) is 36.5 Å². The topological polar surface area (TPSA) is 66.8 Å². The van der Waals surface area contributed by atoms with Crippen molar-refractivity contribution in [1.82, 2.24) is 0 Å². The SMILES string of the molecule is CC/C=C\CC1OC2C(O)CC1C2/C=C\C/C=C\CCCC(=O)O. The van der Waals surface area contributed by atoms with E-state index in [1.807, 2.05) is 6.08 Å². The molecule has 2 N–H and O–H groups in total. The molecule has 0 amide bonds. The van der Waals surface area contributed by atoms with Crippen LogP contribution in [0, 0.1) is 11.8 Å². The number of aliphatic carboxylic acids is 1. The molecule has 0 aromatic rings. The van der Waals surface area contributed by atoms with Crippen LogP contribution in [-0.2, 0) is 9.53 Å². The average molecular weight is 334 g/mol. The predicted molar refractivity (Wildman–Crippen MR) is 94.7 cm³/mol. The molecule has 1 saturated heterocycles. The zero-order valence-electron chi connectivity index (χ0n) is 14.5. The van der Waals surface area contributed by atoms with Gasteiger partial charge in [-0.05, 0) is 44.4 Å². The molecule has 0 aromatic heterocycles. The van der Waals surface area contributed by atoms with Crippen LogP contribution in [0.3, 0.4) is 0 Å².